The summed E-state index contributed by atoms with van der Waals surface area (Å²) in [6, 6.07) is 0.939. The van der Waals surface area contributed by atoms with E-state index in [0.29, 0.717) is 10.8 Å². The van der Waals surface area contributed by atoms with Crippen molar-refractivity contribution in [3.05, 3.63) is 0 Å². The summed E-state index contributed by atoms with van der Waals surface area (Å²) in [6.45, 7) is 7.50. The monoisotopic (exact) mass is 300 g/mol. The Morgan fingerprint density at radius 3 is 2.05 bits per heavy atom. The molecule has 0 heterocycles. The maximum absolute atomic E-state index is 5.52. The number of rotatable bonds is 7. The first-order valence-corrected chi connectivity index (χ1v) is 9.94. The third-order valence-corrected chi connectivity index (χ3v) is 9.78. The fourth-order valence-corrected chi connectivity index (χ4v) is 6.68. The van der Waals surface area contributed by atoms with Crippen molar-refractivity contribution in [2.75, 3.05) is 21.3 Å². The fourth-order valence-electron chi connectivity index (χ4n) is 4.93. The highest BCUT2D eigenvalue weighted by Gasteiger charge is 2.60. The summed E-state index contributed by atoms with van der Waals surface area (Å²) in [7, 11) is 2.76. The number of hydrogen-bond donors (Lipinski definition) is 0. The van der Waals surface area contributed by atoms with E-state index in [4.69, 9.17) is 13.3 Å². The van der Waals surface area contributed by atoms with E-state index in [1.165, 1.54) is 25.7 Å². The molecule has 0 amide bonds. The molecule has 0 N–H and O–H groups in total. The van der Waals surface area contributed by atoms with E-state index >= 15 is 0 Å². The molecule has 4 heteroatoms. The van der Waals surface area contributed by atoms with Crippen LogP contribution < -0.4 is 0 Å². The smallest absolute Gasteiger partial charge is 0.377 e. The zero-order valence-corrected chi connectivity index (χ0v) is 15.1. The van der Waals surface area contributed by atoms with Crippen molar-refractivity contribution < 1.29 is 13.3 Å². The van der Waals surface area contributed by atoms with Crippen LogP contribution in [0.15, 0.2) is 0 Å². The van der Waals surface area contributed by atoms with E-state index in [9.17, 15) is 0 Å². The van der Waals surface area contributed by atoms with Crippen LogP contribution in [0.4, 0.5) is 0 Å². The molecule has 2 saturated carbocycles. The van der Waals surface area contributed by atoms with Gasteiger partial charge in [-0.3, -0.25) is 0 Å². The molecule has 118 valence electrons. The Kier molecular flexibility index (Phi) is 4.70. The van der Waals surface area contributed by atoms with Crippen LogP contribution in [0.2, 0.25) is 6.04 Å². The van der Waals surface area contributed by atoms with Crippen LogP contribution in [0.25, 0.3) is 0 Å². The number of fused-ring (bicyclic) bond motifs is 2. The van der Waals surface area contributed by atoms with Crippen molar-refractivity contribution >= 4 is 8.80 Å². The molecule has 20 heavy (non-hydrogen) atoms. The molecule has 0 saturated heterocycles. The van der Waals surface area contributed by atoms with Gasteiger partial charge in [-0.1, -0.05) is 20.8 Å². The van der Waals surface area contributed by atoms with Gasteiger partial charge in [0.1, 0.15) is 0 Å². The van der Waals surface area contributed by atoms with Gasteiger partial charge in [0.05, 0.1) is 0 Å². The summed E-state index contributed by atoms with van der Waals surface area (Å²) in [5.74, 6) is 1.81. The molecule has 0 radical (unpaired) electrons. The van der Waals surface area contributed by atoms with Crippen LogP contribution in [0, 0.1) is 22.7 Å². The Morgan fingerprint density at radius 2 is 1.65 bits per heavy atom. The number of hydrogen-bond acceptors (Lipinski definition) is 3. The molecule has 3 unspecified atom stereocenters. The van der Waals surface area contributed by atoms with Crippen LogP contribution in [0.5, 0.6) is 0 Å². The first-order chi connectivity index (χ1) is 9.35. The molecule has 2 bridgehead atoms. The van der Waals surface area contributed by atoms with Crippen molar-refractivity contribution in [3.63, 3.8) is 0 Å². The Labute approximate surface area is 125 Å². The lowest BCUT2D eigenvalue weighted by atomic mass is 9.66. The van der Waals surface area contributed by atoms with Crippen molar-refractivity contribution in [3.8, 4) is 0 Å². The Balaban J connectivity index is 1.90. The van der Waals surface area contributed by atoms with Gasteiger partial charge < -0.3 is 13.3 Å². The van der Waals surface area contributed by atoms with E-state index in [2.05, 4.69) is 20.8 Å². The van der Waals surface area contributed by atoms with Gasteiger partial charge in [0.15, 0.2) is 0 Å². The second-order valence-corrected chi connectivity index (χ2v) is 10.6. The fraction of sp³-hybridized carbons (Fsp3) is 1.00. The molecule has 2 fully saturated rings. The Bertz CT molecular complexity index is 332. The Morgan fingerprint density at radius 1 is 1.05 bits per heavy atom. The maximum atomic E-state index is 5.52. The highest BCUT2D eigenvalue weighted by Crippen LogP contribution is 2.69. The summed E-state index contributed by atoms with van der Waals surface area (Å²) in [5, 5.41) is 0. The van der Waals surface area contributed by atoms with E-state index < -0.39 is 8.80 Å². The van der Waals surface area contributed by atoms with Gasteiger partial charge in [0.25, 0.3) is 0 Å². The first kappa shape index (κ1) is 16.5. The van der Waals surface area contributed by atoms with Gasteiger partial charge in [-0.05, 0) is 54.8 Å². The van der Waals surface area contributed by atoms with E-state index in [1.807, 2.05) is 0 Å². The predicted molar refractivity (Wildman–Crippen MR) is 83.5 cm³/mol. The van der Waals surface area contributed by atoms with Gasteiger partial charge in [-0.15, -0.1) is 0 Å². The molecule has 0 aliphatic heterocycles. The second kappa shape index (κ2) is 5.71. The molecule has 0 aromatic rings. The molecule has 0 aromatic heterocycles. The SMILES string of the molecule is CO[Si](CCCC1CC2CCC1(C)C2(C)C)(OC)OC. The molecular weight excluding hydrogens is 268 g/mol. The molecule has 0 spiro atoms. The molecular formula is C16H32O3Si. The minimum Gasteiger partial charge on any atom is -0.377 e. The topological polar surface area (TPSA) is 27.7 Å². The minimum atomic E-state index is -2.37. The zero-order chi connectivity index (χ0) is 15.0. The highest BCUT2D eigenvalue weighted by atomic mass is 28.4. The van der Waals surface area contributed by atoms with Crippen molar-refractivity contribution in [1.82, 2.24) is 0 Å². The van der Waals surface area contributed by atoms with Crippen LogP contribution in [0.3, 0.4) is 0 Å². The molecule has 2 rings (SSSR count). The Hall–Kier alpha value is 0.0969. The predicted octanol–water partition coefficient (Wildman–Crippen LogP) is 4.11. The van der Waals surface area contributed by atoms with Gasteiger partial charge in [-0.2, -0.15) is 0 Å². The highest BCUT2D eigenvalue weighted by molar-refractivity contribution is 6.60. The van der Waals surface area contributed by atoms with Crippen LogP contribution >= 0.6 is 0 Å². The standard InChI is InChI=1S/C16H32O3Si/c1-15(2)13-9-10-16(15,3)14(12-13)8-7-11-20(17-4,18-5)19-6/h13-14H,7-12H2,1-6H3. The normalized spacial score (nSPS) is 35.7. The van der Waals surface area contributed by atoms with Crippen molar-refractivity contribution in [2.24, 2.45) is 22.7 Å². The summed E-state index contributed by atoms with van der Waals surface area (Å²) < 4.78 is 16.6. The second-order valence-electron chi connectivity index (χ2n) is 7.49. The van der Waals surface area contributed by atoms with Crippen molar-refractivity contribution in [2.45, 2.75) is 58.9 Å². The van der Waals surface area contributed by atoms with E-state index in [-0.39, 0.29) is 0 Å². The summed E-state index contributed by atoms with van der Waals surface area (Å²) in [5.41, 5.74) is 1.06. The molecule has 2 aliphatic rings. The lowest BCUT2D eigenvalue weighted by Crippen LogP contribution is -2.42. The largest absolute Gasteiger partial charge is 0.500 e. The van der Waals surface area contributed by atoms with Crippen LogP contribution in [-0.2, 0) is 13.3 Å². The summed E-state index contributed by atoms with van der Waals surface area (Å²) >= 11 is 0. The van der Waals surface area contributed by atoms with Gasteiger partial charge in [0.2, 0.25) is 0 Å². The third kappa shape index (κ3) is 2.38. The van der Waals surface area contributed by atoms with Crippen molar-refractivity contribution in [1.29, 1.82) is 0 Å². The third-order valence-electron chi connectivity index (χ3n) is 6.94. The molecule has 3 atom stereocenters. The summed E-state index contributed by atoms with van der Waals surface area (Å²) in [6.07, 6.45) is 6.72. The molecule has 0 aromatic carbocycles. The lowest BCUT2D eigenvalue weighted by molar-refractivity contribution is 0.0934. The average molecular weight is 301 g/mol. The van der Waals surface area contributed by atoms with Crippen LogP contribution in [-0.4, -0.2) is 30.1 Å². The van der Waals surface area contributed by atoms with E-state index in [0.717, 1.165) is 24.3 Å². The molecule has 2 aliphatic carbocycles. The maximum Gasteiger partial charge on any atom is 0.500 e. The lowest BCUT2D eigenvalue weighted by Gasteiger charge is -2.39. The first-order valence-electron chi connectivity index (χ1n) is 8.00. The van der Waals surface area contributed by atoms with E-state index in [1.54, 1.807) is 21.3 Å². The average Bonchev–Trinajstić information content (AvgIpc) is 2.77. The van der Waals surface area contributed by atoms with Gasteiger partial charge in [-0.25, -0.2) is 0 Å². The molecule has 3 nitrogen and oxygen atoms in total. The quantitative estimate of drug-likeness (QED) is 0.662. The summed E-state index contributed by atoms with van der Waals surface area (Å²) in [4.78, 5) is 0. The van der Waals surface area contributed by atoms with Gasteiger partial charge >= 0.3 is 8.80 Å². The minimum absolute atomic E-state index is 0.524. The zero-order valence-electron chi connectivity index (χ0n) is 14.1. The van der Waals surface area contributed by atoms with Crippen LogP contribution in [0.1, 0.15) is 52.9 Å². The van der Waals surface area contributed by atoms with Gasteiger partial charge in [0, 0.05) is 27.4 Å².